The predicted molar refractivity (Wildman–Crippen MR) is 136 cm³/mol. The fourth-order valence-corrected chi connectivity index (χ4v) is 5.26. The Morgan fingerprint density at radius 2 is 1.86 bits per heavy atom. The van der Waals surface area contributed by atoms with E-state index in [9.17, 15) is 14.4 Å². The molecular weight excluding hydrogens is 480 g/mol. The van der Waals surface area contributed by atoms with Gasteiger partial charge in [-0.1, -0.05) is 42.5 Å². The zero-order valence-corrected chi connectivity index (χ0v) is 20.9. The third-order valence-electron chi connectivity index (χ3n) is 5.90. The summed E-state index contributed by atoms with van der Waals surface area (Å²) in [5.41, 5.74) is 1.44. The molecule has 4 aromatic rings. The number of rotatable bonds is 7. The first-order chi connectivity index (χ1) is 17.4. The predicted octanol–water partition coefficient (Wildman–Crippen LogP) is 5.27. The van der Waals surface area contributed by atoms with Gasteiger partial charge in [0.25, 0.3) is 5.91 Å². The molecule has 0 bridgehead atoms. The number of hydrogen-bond acceptors (Lipinski definition) is 8. The van der Waals surface area contributed by atoms with Gasteiger partial charge in [0, 0.05) is 0 Å². The number of hydrogen-bond donors (Lipinski definition) is 0. The molecule has 36 heavy (non-hydrogen) atoms. The number of carbonyl (C=O) groups is 2. The first-order valence-electron chi connectivity index (χ1n) is 11.7. The Morgan fingerprint density at radius 3 is 2.58 bits per heavy atom. The van der Waals surface area contributed by atoms with Gasteiger partial charge < -0.3 is 13.9 Å². The molecule has 0 fully saturated rings. The number of thiazole rings is 1. The molecule has 3 heterocycles. The monoisotopic (exact) mass is 504 g/mol. The quantitative estimate of drug-likeness (QED) is 0.316. The maximum Gasteiger partial charge on any atom is 0.350 e. The van der Waals surface area contributed by atoms with E-state index in [1.165, 1.54) is 4.90 Å². The Balaban J connectivity index is 1.68. The van der Waals surface area contributed by atoms with Crippen LogP contribution in [0.25, 0.3) is 11.0 Å². The van der Waals surface area contributed by atoms with Crippen LogP contribution in [0.2, 0.25) is 0 Å². The third-order valence-corrected chi connectivity index (χ3v) is 7.04. The van der Waals surface area contributed by atoms with Crippen LogP contribution in [0.4, 0.5) is 5.13 Å². The SMILES string of the molecule is CCCOc1ccc([C@@H]2c3c(oc4ccccc4c3=O)C(=O)N2c2nc(C)c(C(=O)OCC)s2)cc1. The fourth-order valence-electron chi connectivity index (χ4n) is 4.27. The average Bonchev–Trinajstić information content (AvgIpc) is 3.41. The summed E-state index contributed by atoms with van der Waals surface area (Å²) in [5, 5.41) is 0.674. The zero-order chi connectivity index (χ0) is 25.4. The number of esters is 1. The van der Waals surface area contributed by atoms with E-state index in [-0.39, 0.29) is 28.5 Å². The summed E-state index contributed by atoms with van der Waals surface area (Å²) in [4.78, 5) is 46.1. The molecule has 0 aliphatic carbocycles. The second kappa shape index (κ2) is 9.58. The molecule has 184 valence electrons. The topological polar surface area (TPSA) is 98.9 Å². The molecule has 0 radical (unpaired) electrons. The van der Waals surface area contributed by atoms with Gasteiger partial charge in [0.05, 0.1) is 35.9 Å². The van der Waals surface area contributed by atoms with Crippen molar-refractivity contribution in [3.05, 3.63) is 86.2 Å². The molecule has 8 nitrogen and oxygen atoms in total. The van der Waals surface area contributed by atoms with Crippen molar-refractivity contribution in [2.75, 3.05) is 18.1 Å². The summed E-state index contributed by atoms with van der Waals surface area (Å²) < 4.78 is 16.8. The molecular formula is C27H24N2O6S. The summed E-state index contributed by atoms with van der Waals surface area (Å²) in [6.07, 6.45) is 0.875. The van der Waals surface area contributed by atoms with Gasteiger partial charge >= 0.3 is 5.97 Å². The van der Waals surface area contributed by atoms with Gasteiger partial charge in [-0.15, -0.1) is 0 Å². The normalized spacial score (nSPS) is 14.8. The summed E-state index contributed by atoms with van der Waals surface area (Å²) in [6, 6.07) is 13.3. The number of carbonyl (C=O) groups excluding carboxylic acids is 2. The highest BCUT2D eigenvalue weighted by Crippen LogP contribution is 2.43. The summed E-state index contributed by atoms with van der Waals surface area (Å²) >= 11 is 1.05. The minimum absolute atomic E-state index is 0.0273. The Morgan fingerprint density at radius 1 is 1.11 bits per heavy atom. The Kier molecular flexibility index (Phi) is 6.32. The van der Waals surface area contributed by atoms with Gasteiger partial charge in [-0.25, -0.2) is 9.78 Å². The van der Waals surface area contributed by atoms with Crippen molar-refractivity contribution in [1.29, 1.82) is 0 Å². The van der Waals surface area contributed by atoms with Crippen LogP contribution in [-0.2, 0) is 4.74 Å². The minimum Gasteiger partial charge on any atom is -0.494 e. The number of para-hydroxylation sites is 1. The number of amides is 1. The van der Waals surface area contributed by atoms with Gasteiger partial charge in [-0.2, -0.15) is 0 Å². The van der Waals surface area contributed by atoms with Gasteiger partial charge in [0.15, 0.2) is 10.6 Å². The van der Waals surface area contributed by atoms with Crippen LogP contribution >= 0.6 is 11.3 Å². The lowest BCUT2D eigenvalue weighted by Gasteiger charge is -2.22. The minimum atomic E-state index is -0.783. The molecule has 0 spiro atoms. The van der Waals surface area contributed by atoms with Gasteiger partial charge in [0.1, 0.15) is 16.2 Å². The molecule has 1 aliphatic rings. The number of fused-ring (bicyclic) bond motifs is 2. The van der Waals surface area contributed by atoms with Crippen LogP contribution in [0.3, 0.4) is 0 Å². The highest BCUT2D eigenvalue weighted by atomic mass is 32.1. The lowest BCUT2D eigenvalue weighted by Crippen LogP contribution is -2.29. The van der Waals surface area contributed by atoms with Crippen LogP contribution in [0.1, 0.15) is 63.4 Å². The fraction of sp³-hybridized carbons (Fsp3) is 0.259. The maximum atomic E-state index is 13.7. The summed E-state index contributed by atoms with van der Waals surface area (Å²) in [6.45, 7) is 6.24. The average molecular weight is 505 g/mol. The van der Waals surface area contributed by atoms with E-state index in [2.05, 4.69) is 4.98 Å². The third kappa shape index (κ3) is 3.95. The smallest absolute Gasteiger partial charge is 0.350 e. The zero-order valence-electron chi connectivity index (χ0n) is 20.1. The van der Waals surface area contributed by atoms with Crippen LogP contribution in [0.15, 0.2) is 57.7 Å². The highest BCUT2D eigenvalue weighted by Gasteiger charge is 2.45. The standard InChI is InChI=1S/C27H24N2O6S/c1-4-14-34-17-12-10-16(11-13-17)21-20-22(30)18-8-6-7-9-19(18)35-23(20)25(31)29(21)27-28-15(3)24(36-27)26(32)33-5-2/h6-13,21H,4-5,14H2,1-3H3/t21-/m1/s1. The largest absolute Gasteiger partial charge is 0.494 e. The lowest BCUT2D eigenvalue weighted by atomic mass is 9.98. The Labute approximate surface area is 211 Å². The van der Waals surface area contributed by atoms with E-state index < -0.39 is 17.9 Å². The van der Waals surface area contributed by atoms with Crippen molar-refractivity contribution in [3.63, 3.8) is 0 Å². The van der Waals surface area contributed by atoms with Gasteiger partial charge in [-0.3, -0.25) is 14.5 Å². The number of anilines is 1. The summed E-state index contributed by atoms with van der Waals surface area (Å²) in [7, 11) is 0. The van der Waals surface area contributed by atoms with Crippen LogP contribution in [0, 0.1) is 6.92 Å². The van der Waals surface area contributed by atoms with Gasteiger partial charge in [-0.05, 0) is 50.1 Å². The molecule has 9 heteroatoms. The van der Waals surface area contributed by atoms with Crippen LogP contribution in [0.5, 0.6) is 5.75 Å². The molecule has 0 N–H and O–H groups in total. The van der Waals surface area contributed by atoms with Crippen molar-refractivity contribution in [1.82, 2.24) is 4.98 Å². The van der Waals surface area contributed by atoms with Crippen molar-refractivity contribution >= 4 is 39.3 Å². The second-order valence-electron chi connectivity index (χ2n) is 8.30. The van der Waals surface area contributed by atoms with E-state index in [0.29, 0.717) is 39.5 Å². The number of aryl methyl sites for hydroxylation is 1. The number of aromatic nitrogens is 1. The van der Waals surface area contributed by atoms with E-state index in [1.54, 1.807) is 38.1 Å². The number of ether oxygens (including phenoxy) is 2. The molecule has 2 aromatic carbocycles. The molecule has 1 amide bonds. The van der Waals surface area contributed by atoms with Crippen molar-refractivity contribution in [2.45, 2.75) is 33.2 Å². The van der Waals surface area contributed by atoms with Crippen molar-refractivity contribution in [3.8, 4) is 5.75 Å². The lowest BCUT2D eigenvalue weighted by molar-refractivity contribution is 0.0531. The number of nitrogens with zero attached hydrogens (tertiary/aromatic N) is 2. The first kappa shape index (κ1) is 23.7. The molecule has 5 rings (SSSR count). The highest BCUT2D eigenvalue weighted by molar-refractivity contribution is 7.17. The molecule has 1 aliphatic heterocycles. The van der Waals surface area contributed by atoms with E-state index >= 15 is 0 Å². The summed E-state index contributed by atoms with van der Waals surface area (Å²) in [5.74, 6) is -0.331. The Bertz CT molecular complexity index is 1520. The number of benzene rings is 2. The van der Waals surface area contributed by atoms with Crippen LogP contribution < -0.4 is 15.1 Å². The Hall–Kier alpha value is -3.98. The molecule has 0 saturated heterocycles. The maximum absolute atomic E-state index is 13.7. The van der Waals surface area contributed by atoms with Gasteiger partial charge in [0.2, 0.25) is 5.76 Å². The molecule has 1 atom stereocenters. The first-order valence-corrected chi connectivity index (χ1v) is 12.5. The van der Waals surface area contributed by atoms with Crippen molar-refractivity contribution < 1.29 is 23.5 Å². The molecule has 0 saturated carbocycles. The van der Waals surface area contributed by atoms with Crippen molar-refractivity contribution in [2.24, 2.45) is 0 Å². The van der Waals surface area contributed by atoms with E-state index in [1.807, 2.05) is 31.2 Å². The van der Waals surface area contributed by atoms with E-state index in [4.69, 9.17) is 13.9 Å². The molecule has 0 unspecified atom stereocenters. The molecule has 2 aromatic heterocycles. The van der Waals surface area contributed by atoms with Crippen LogP contribution in [-0.4, -0.2) is 30.1 Å². The second-order valence-corrected chi connectivity index (χ2v) is 9.27. The van der Waals surface area contributed by atoms with E-state index in [0.717, 1.165) is 17.8 Å².